The number of imide groups is 1. The normalized spacial score (nSPS) is 14.8. The van der Waals surface area contributed by atoms with Crippen molar-refractivity contribution in [3.05, 3.63) is 46.9 Å². The van der Waals surface area contributed by atoms with E-state index in [1.807, 2.05) is 36.4 Å². The third kappa shape index (κ3) is 6.59. The lowest BCUT2D eigenvalue weighted by atomic mass is 10.0. The Labute approximate surface area is 186 Å². The molecule has 0 aromatic heterocycles. The zero-order chi connectivity index (χ0) is 22.1. The van der Waals surface area contributed by atoms with Gasteiger partial charge in [-0.25, -0.2) is 0 Å². The van der Waals surface area contributed by atoms with Gasteiger partial charge in [-0.1, -0.05) is 56.5 Å². The van der Waals surface area contributed by atoms with Crippen LogP contribution in [0.3, 0.4) is 0 Å². The van der Waals surface area contributed by atoms with Crippen molar-refractivity contribution >= 4 is 45.7 Å². The third-order valence-corrected chi connectivity index (χ3v) is 5.82. The molecule has 164 valence electrons. The molecule has 1 aliphatic rings. The number of ether oxygens (including phenoxy) is 1. The average Bonchev–Trinajstić information content (AvgIpc) is 3.08. The Morgan fingerprint density at radius 2 is 1.87 bits per heavy atom. The van der Waals surface area contributed by atoms with Crippen LogP contribution >= 0.6 is 11.8 Å². The summed E-state index contributed by atoms with van der Waals surface area (Å²) in [5.74, 6) is 0.425. The summed E-state index contributed by atoms with van der Waals surface area (Å²) >= 11 is 0.902. The highest BCUT2D eigenvalue weighted by Gasteiger charge is 2.25. The van der Waals surface area contributed by atoms with E-state index < -0.39 is 0 Å². The van der Waals surface area contributed by atoms with Crippen LogP contribution in [-0.4, -0.2) is 30.2 Å². The zero-order valence-corrected chi connectivity index (χ0v) is 18.6. The molecule has 1 heterocycles. The summed E-state index contributed by atoms with van der Waals surface area (Å²) in [6, 6.07) is 11.5. The van der Waals surface area contributed by atoms with E-state index in [0.717, 1.165) is 53.2 Å². The van der Waals surface area contributed by atoms with E-state index in [1.165, 1.54) is 12.8 Å². The molecular weight excluding hydrogens is 412 g/mol. The number of amides is 3. The van der Waals surface area contributed by atoms with Crippen molar-refractivity contribution in [2.75, 3.05) is 13.2 Å². The summed E-state index contributed by atoms with van der Waals surface area (Å²) in [6.07, 6.45) is 7.38. The number of nitrogens with one attached hydrogen (secondary N) is 2. The highest BCUT2D eigenvalue weighted by molar-refractivity contribution is 8.18. The Balaban J connectivity index is 1.56. The number of hydrogen-bond acceptors (Lipinski definition) is 5. The molecule has 7 heteroatoms. The molecule has 0 radical (unpaired) electrons. The van der Waals surface area contributed by atoms with Crippen LogP contribution in [0.25, 0.3) is 16.8 Å². The summed E-state index contributed by atoms with van der Waals surface area (Å²) in [7, 11) is 0. The highest BCUT2D eigenvalue weighted by atomic mass is 32.2. The SMILES string of the molecule is CCCCCCNC(=O)CCCOc1ccc(/C=C2/SC(=O)NC2=O)c2ccccc12. The van der Waals surface area contributed by atoms with E-state index in [9.17, 15) is 14.4 Å². The Kier molecular flexibility index (Phi) is 8.53. The first-order valence-corrected chi connectivity index (χ1v) is 11.6. The van der Waals surface area contributed by atoms with Crippen molar-refractivity contribution in [3.63, 3.8) is 0 Å². The van der Waals surface area contributed by atoms with Crippen LogP contribution in [0.1, 0.15) is 51.0 Å². The lowest BCUT2D eigenvalue weighted by Gasteiger charge is -2.11. The molecule has 1 aliphatic heterocycles. The third-order valence-electron chi connectivity index (χ3n) is 5.00. The molecular formula is C24H28N2O4S. The molecule has 0 spiro atoms. The number of carbonyl (C=O) groups excluding carboxylic acids is 3. The van der Waals surface area contributed by atoms with Crippen molar-refractivity contribution < 1.29 is 19.1 Å². The van der Waals surface area contributed by atoms with Gasteiger partial charge in [0.2, 0.25) is 5.91 Å². The minimum absolute atomic E-state index is 0.0637. The Hall–Kier alpha value is -2.80. The first kappa shape index (κ1) is 22.9. The fraction of sp³-hybridized carbons (Fsp3) is 0.375. The molecule has 0 unspecified atom stereocenters. The van der Waals surface area contributed by atoms with Crippen LogP contribution in [0.2, 0.25) is 0 Å². The minimum Gasteiger partial charge on any atom is -0.493 e. The second kappa shape index (κ2) is 11.6. The molecule has 1 fully saturated rings. The van der Waals surface area contributed by atoms with Crippen molar-refractivity contribution in [1.82, 2.24) is 10.6 Å². The number of unbranched alkanes of at least 4 members (excludes halogenated alkanes) is 3. The van der Waals surface area contributed by atoms with Crippen molar-refractivity contribution in [1.29, 1.82) is 0 Å². The Morgan fingerprint density at radius 3 is 2.61 bits per heavy atom. The molecule has 2 aromatic rings. The smallest absolute Gasteiger partial charge is 0.290 e. The van der Waals surface area contributed by atoms with Gasteiger partial charge in [-0.15, -0.1) is 0 Å². The summed E-state index contributed by atoms with van der Waals surface area (Å²) in [5, 5.41) is 6.73. The summed E-state index contributed by atoms with van der Waals surface area (Å²) < 4.78 is 5.95. The van der Waals surface area contributed by atoms with Gasteiger partial charge in [-0.05, 0) is 47.7 Å². The summed E-state index contributed by atoms with van der Waals surface area (Å²) in [6.45, 7) is 3.35. The predicted molar refractivity (Wildman–Crippen MR) is 125 cm³/mol. The molecule has 6 nitrogen and oxygen atoms in total. The van der Waals surface area contributed by atoms with Gasteiger partial charge < -0.3 is 10.1 Å². The lowest BCUT2D eigenvalue weighted by Crippen LogP contribution is -2.24. The first-order chi connectivity index (χ1) is 15.1. The predicted octanol–water partition coefficient (Wildman–Crippen LogP) is 5.02. The van der Waals surface area contributed by atoms with Crippen molar-refractivity contribution in [3.8, 4) is 5.75 Å². The van der Waals surface area contributed by atoms with Gasteiger partial charge in [-0.2, -0.15) is 0 Å². The first-order valence-electron chi connectivity index (χ1n) is 10.7. The number of hydrogen-bond donors (Lipinski definition) is 2. The van der Waals surface area contributed by atoms with Gasteiger partial charge in [0.05, 0.1) is 11.5 Å². The highest BCUT2D eigenvalue weighted by Crippen LogP contribution is 2.32. The van der Waals surface area contributed by atoms with Gasteiger partial charge in [-0.3, -0.25) is 19.7 Å². The van der Waals surface area contributed by atoms with Crippen LogP contribution in [0, 0.1) is 0 Å². The molecule has 0 saturated carbocycles. The summed E-state index contributed by atoms with van der Waals surface area (Å²) in [5.41, 5.74) is 0.845. The zero-order valence-electron chi connectivity index (χ0n) is 17.7. The van der Waals surface area contributed by atoms with E-state index in [4.69, 9.17) is 4.74 Å². The molecule has 3 amide bonds. The van der Waals surface area contributed by atoms with E-state index in [-0.39, 0.29) is 17.1 Å². The van der Waals surface area contributed by atoms with Crippen LogP contribution in [0.15, 0.2) is 41.3 Å². The Bertz CT molecular complexity index is 987. The molecule has 3 rings (SSSR count). The van der Waals surface area contributed by atoms with Crippen LogP contribution in [-0.2, 0) is 9.59 Å². The maximum absolute atomic E-state index is 11.9. The van der Waals surface area contributed by atoms with E-state index in [1.54, 1.807) is 6.08 Å². The fourth-order valence-corrected chi connectivity index (χ4v) is 4.06. The number of thioether (sulfide) groups is 1. The molecule has 0 bridgehead atoms. The van der Waals surface area contributed by atoms with Crippen LogP contribution in [0.5, 0.6) is 5.75 Å². The molecule has 2 N–H and O–H groups in total. The largest absolute Gasteiger partial charge is 0.493 e. The second-order valence-corrected chi connectivity index (χ2v) is 8.43. The van der Waals surface area contributed by atoms with Crippen LogP contribution < -0.4 is 15.4 Å². The average molecular weight is 441 g/mol. The number of rotatable bonds is 11. The van der Waals surface area contributed by atoms with E-state index in [0.29, 0.717) is 24.4 Å². The van der Waals surface area contributed by atoms with E-state index >= 15 is 0 Å². The summed E-state index contributed by atoms with van der Waals surface area (Å²) in [4.78, 5) is 35.6. The quantitative estimate of drug-likeness (QED) is 0.379. The monoisotopic (exact) mass is 440 g/mol. The van der Waals surface area contributed by atoms with Gasteiger partial charge in [0.1, 0.15) is 5.75 Å². The van der Waals surface area contributed by atoms with Crippen LogP contribution in [0.4, 0.5) is 4.79 Å². The Morgan fingerprint density at radius 1 is 1.06 bits per heavy atom. The van der Waals surface area contributed by atoms with Gasteiger partial charge in [0.15, 0.2) is 0 Å². The van der Waals surface area contributed by atoms with Gasteiger partial charge in [0, 0.05) is 18.4 Å². The molecule has 0 aliphatic carbocycles. The standard InChI is InChI=1S/C24H28N2O4S/c1-2-3-4-7-14-25-22(27)11-8-15-30-20-13-12-17(18-9-5-6-10-19(18)20)16-21-23(28)26-24(29)31-21/h5-6,9-10,12-13,16H,2-4,7-8,11,14-15H2,1H3,(H,25,27)(H,26,28,29)/b21-16+. The molecule has 31 heavy (non-hydrogen) atoms. The molecule has 2 aromatic carbocycles. The minimum atomic E-state index is -0.372. The maximum Gasteiger partial charge on any atom is 0.290 e. The second-order valence-electron chi connectivity index (χ2n) is 7.41. The number of fused-ring (bicyclic) bond motifs is 1. The topological polar surface area (TPSA) is 84.5 Å². The lowest BCUT2D eigenvalue weighted by molar-refractivity contribution is -0.121. The fourth-order valence-electron chi connectivity index (χ4n) is 3.39. The molecule has 1 saturated heterocycles. The number of benzene rings is 2. The number of carbonyl (C=O) groups is 3. The van der Waals surface area contributed by atoms with Gasteiger partial charge in [0.25, 0.3) is 11.1 Å². The van der Waals surface area contributed by atoms with Gasteiger partial charge >= 0.3 is 0 Å². The van der Waals surface area contributed by atoms with Crippen molar-refractivity contribution in [2.45, 2.75) is 45.4 Å². The maximum atomic E-state index is 11.9. The van der Waals surface area contributed by atoms with E-state index in [2.05, 4.69) is 17.6 Å². The van der Waals surface area contributed by atoms with Crippen molar-refractivity contribution in [2.24, 2.45) is 0 Å². The molecule has 0 atom stereocenters.